The molecule has 2 spiro atoms. The predicted molar refractivity (Wildman–Crippen MR) is 131 cm³/mol. The molecule has 35 heavy (non-hydrogen) atoms. The number of rotatable bonds is 2. The molecule has 1 aromatic carbocycles. The first-order chi connectivity index (χ1) is 16.6. The van der Waals surface area contributed by atoms with Crippen LogP contribution in [0.15, 0.2) is 30.5 Å². The third kappa shape index (κ3) is 2.65. The number of H-pyrrole nitrogens is 1. The van der Waals surface area contributed by atoms with Crippen molar-refractivity contribution < 1.29 is 19.3 Å². The van der Waals surface area contributed by atoms with Gasteiger partial charge in [0, 0.05) is 23.3 Å². The highest BCUT2D eigenvalue weighted by Gasteiger charge is 2.77. The zero-order valence-corrected chi connectivity index (χ0v) is 20.8. The maximum atomic E-state index is 17.2. The summed E-state index contributed by atoms with van der Waals surface area (Å²) in [5.74, 6) is -0.304. The van der Waals surface area contributed by atoms with Gasteiger partial charge in [0.2, 0.25) is 0 Å². The van der Waals surface area contributed by atoms with Gasteiger partial charge in [0.1, 0.15) is 11.3 Å². The van der Waals surface area contributed by atoms with Gasteiger partial charge in [-0.05, 0) is 87.7 Å². The number of aromatic amines is 1. The number of benzene rings is 1. The molecule has 2 aromatic rings. The van der Waals surface area contributed by atoms with Crippen molar-refractivity contribution in [3.63, 3.8) is 0 Å². The number of hydrogen-bond donors (Lipinski definition) is 3. The zero-order valence-electron chi connectivity index (χ0n) is 20.8. The summed E-state index contributed by atoms with van der Waals surface area (Å²) in [7, 11) is 3.87. The number of halogens is 1. The van der Waals surface area contributed by atoms with E-state index in [1.165, 1.54) is 11.1 Å². The first-order valence-electron chi connectivity index (χ1n) is 13.2. The monoisotopic (exact) mass is 481 g/mol. The van der Waals surface area contributed by atoms with Gasteiger partial charge in [-0.3, -0.25) is 5.10 Å². The Morgan fingerprint density at radius 2 is 1.94 bits per heavy atom. The minimum Gasteiger partial charge on any atom is -0.390 e. The van der Waals surface area contributed by atoms with Gasteiger partial charge < -0.3 is 19.8 Å². The van der Waals surface area contributed by atoms with Crippen LogP contribution in [0, 0.1) is 17.3 Å². The van der Waals surface area contributed by atoms with Crippen LogP contribution in [0.2, 0.25) is 0 Å². The summed E-state index contributed by atoms with van der Waals surface area (Å²) in [5.41, 5.74) is 0.459. The van der Waals surface area contributed by atoms with E-state index in [1.807, 2.05) is 25.2 Å². The van der Waals surface area contributed by atoms with Crippen molar-refractivity contribution in [2.75, 3.05) is 14.1 Å². The topological polar surface area (TPSA) is 81.6 Å². The lowest BCUT2D eigenvalue weighted by Gasteiger charge is -2.64. The van der Waals surface area contributed by atoms with E-state index >= 15 is 4.39 Å². The molecular weight excluding hydrogens is 445 g/mol. The van der Waals surface area contributed by atoms with Gasteiger partial charge in [0.15, 0.2) is 0 Å². The molecule has 4 fully saturated rings. The molecule has 9 atom stereocenters. The first kappa shape index (κ1) is 22.4. The van der Waals surface area contributed by atoms with E-state index in [9.17, 15) is 10.2 Å². The Bertz CT molecular complexity index is 1230. The smallest absolute Gasteiger partial charge is 0.140 e. The number of nitrogens with one attached hydrogen (secondary N) is 1. The number of allylic oxidation sites excluding steroid dienone is 2. The van der Waals surface area contributed by atoms with E-state index in [-0.39, 0.29) is 29.7 Å². The van der Waals surface area contributed by atoms with E-state index in [1.54, 1.807) is 0 Å². The highest BCUT2D eigenvalue weighted by molar-refractivity contribution is 5.84. The van der Waals surface area contributed by atoms with Crippen LogP contribution in [0.1, 0.15) is 57.4 Å². The molecule has 1 aromatic heterocycles. The Balaban J connectivity index is 1.28. The summed E-state index contributed by atoms with van der Waals surface area (Å²) in [5, 5.41) is 30.3. The second kappa shape index (κ2) is 6.94. The van der Waals surface area contributed by atoms with Crippen molar-refractivity contribution in [2.45, 2.75) is 87.0 Å². The van der Waals surface area contributed by atoms with Crippen molar-refractivity contribution in [3.8, 4) is 0 Å². The van der Waals surface area contributed by atoms with Crippen LogP contribution >= 0.6 is 0 Å². The maximum absolute atomic E-state index is 17.2. The number of ether oxygens (including phenoxy) is 1. The number of nitrogens with zero attached hydrogens (tertiary/aromatic N) is 2. The molecule has 2 saturated carbocycles. The minimum atomic E-state index is -1.48. The lowest BCUT2D eigenvalue weighted by Crippen LogP contribution is -2.72. The lowest BCUT2D eigenvalue weighted by atomic mass is 9.51. The van der Waals surface area contributed by atoms with Crippen molar-refractivity contribution in [1.29, 1.82) is 0 Å². The molecule has 2 bridgehead atoms. The van der Waals surface area contributed by atoms with E-state index in [0.717, 1.165) is 30.2 Å². The summed E-state index contributed by atoms with van der Waals surface area (Å²) in [6, 6.07) is 6.24. The van der Waals surface area contributed by atoms with E-state index in [0.29, 0.717) is 19.3 Å². The minimum absolute atomic E-state index is 0.0610. The Morgan fingerprint density at radius 1 is 1.11 bits per heavy atom. The quantitative estimate of drug-likeness (QED) is 0.607. The Hall–Kier alpha value is -1.80. The number of alkyl halides is 1. The summed E-state index contributed by atoms with van der Waals surface area (Å²) >= 11 is 0. The van der Waals surface area contributed by atoms with Crippen LogP contribution in [-0.2, 0) is 4.74 Å². The lowest BCUT2D eigenvalue weighted by molar-refractivity contribution is -0.314. The summed E-state index contributed by atoms with van der Waals surface area (Å²) in [4.78, 5) is 1.98. The molecule has 188 valence electrons. The molecule has 3 heterocycles. The van der Waals surface area contributed by atoms with Crippen LogP contribution in [0.4, 0.5) is 4.39 Å². The Kier molecular flexibility index (Phi) is 4.44. The van der Waals surface area contributed by atoms with Crippen molar-refractivity contribution in [2.24, 2.45) is 17.3 Å². The first-order valence-corrected chi connectivity index (χ1v) is 13.2. The maximum Gasteiger partial charge on any atom is 0.140 e. The molecule has 3 aliphatic carbocycles. The molecule has 9 unspecified atom stereocenters. The average molecular weight is 482 g/mol. The molecule has 7 rings (SSSR count). The number of likely N-dealkylation sites (N-methyl/N-ethyl adjacent to an activating group) is 1. The average Bonchev–Trinajstić information content (AvgIpc) is 3.52. The Labute approximate surface area is 205 Å². The second-order valence-corrected chi connectivity index (χ2v) is 12.5. The molecular formula is C28H36FN3O3. The molecule has 2 aliphatic heterocycles. The summed E-state index contributed by atoms with van der Waals surface area (Å²) in [6.07, 6.45) is 6.69. The number of aliphatic hydroxyl groups is 2. The predicted octanol–water partition coefficient (Wildman–Crippen LogP) is 3.84. The standard InChI is InChI=1S/C28H36FN3O3/c1-25-8-10-27(29)13-19-23(33)24(34)21(32(2)3)14-26(19)9-11-28(27,35-26)22(25)7-5-18(25)16-4-6-20-17(12-16)15-30-31-20/h4-6,12,15,19,21-24,33-34H,7-11,13-14H2,1-3H3,(H,30,31). The summed E-state index contributed by atoms with van der Waals surface area (Å²) in [6.45, 7) is 2.31. The molecule has 7 heteroatoms. The fourth-order valence-corrected chi connectivity index (χ4v) is 9.12. The van der Waals surface area contributed by atoms with Gasteiger partial charge in [-0.1, -0.05) is 19.1 Å². The largest absolute Gasteiger partial charge is 0.390 e. The molecule has 3 N–H and O–H groups in total. The van der Waals surface area contributed by atoms with Gasteiger partial charge >= 0.3 is 0 Å². The van der Waals surface area contributed by atoms with Crippen LogP contribution < -0.4 is 0 Å². The molecule has 5 aliphatic rings. The Morgan fingerprint density at radius 3 is 2.74 bits per heavy atom. The van der Waals surface area contributed by atoms with E-state index in [4.69, 9.17) is 4.74 Å². The fourth-order valence-electron chi connectivity index (χ4n) is 9.12. The van der Waals surface area contributed by atoms with Crippen LogP contribution in [0.3, 0.4) is 0 Å². The third-order valence-electron chi connectivity index (χ3n) is 11.0. The van der Waals surface area contributed by atoms with E-state index in [2.05, 4.69) is 41.4 Å². The fraction of sp³-hybridized carbons (Fsp3) is 0.679. The molecule has 0 amide bonds. The van der Waals surface area contributed by atoms with Crippen LogP contribution in [-0.4, -0.2) is 74.5 Å². The number of aliphatic hydroxyl groups excluding tert-OH is 2. The van der Waals surface area contributed by atoms with Crippen LogP contribution in [0.25, 0.3) is 16.5 Å². The van der Waals surface area contributed by atoms with Gasteiger partial charge in [-0.15, -0.1) is 0 Å². The number of hydrogen-bond acceptors (Lipinski definition) is 5. The highest BCUT2D eigenvalue weighted by Crippen LogP contribution is 2.72. The molecule has 0 radical (unpaired) electrons. The normalized spacial score (nSPS) is 48.5. The third-order valence-corrected chi connectivity index (χ3v) is 11.0. The van der Waals surface area contributed by atoms with Gasteiger partial charge in [-0.25, -0.2) is 4.39 Å². The van der Waals surface area contributed by atoms with Crippen LogP contribution in [0.5, 0.6) is 0 Å². The number of fused-ring (bicyclic) bond motifs is 2. The number of aromatic nitrogens is 2. The molecule has 2 saturated heterocycles. The van der Waals surface area contributed by atoms with Gasteiger partial charge in [0.05, 0.1) is 29.5 Å². The van der Waals surface area contributed by atoms with Crippen molar-refractivity contribution in [1.82, 2.24) is 15.1 Å². The zero-order chi connectivity index (χ0) is 24.4. The van der Waals surface area contributed by atoms with Crippen molar-refractivity contribution in [3.05, 3.63) is 36.0 Å². The second-order valence-electron chi connectivity index (χ2n) is 12.5. The SMILES string of the molecule is CN(C)C1CC23CCC4(O2)C2CC=C(c5ccc6[nH]ncc6c5)C2(C)CCC4(F)CC3C(O)C1O. The molecule has 6 nitrogen and oxygen atoms in total. The van der Waals surface area contributed by atoms with Crippen molar-refractivity contribution >= 4 is 16.5 Å². The highest BCUT2D eigenvalue weighted by atomic mass is 19.1. The van der Waals surface area contributed by atoms with E-state index < -0.39 is 29.1 Å². The van der Waals surface area contributed by atoms with Gasteiger partial charge in [0.25, 0.3) is 0 Å². The van der Waals surface area contributed by atoms with Gasteiger partial charge in [-0.2, -0.15) is 5.10 Å². The summed E-state index contributed by atoms with van der Waals surface area (Å²) < 4.78 is 24.2.